The summed E-state index contributed by atoms with van der Waals surface area (Å²) in [5.41, 5.74) is -0.271. The Labute approximate surface area is 178 Å². The van der Waals surface area contributed by atoms with Gasteiger partial charge in [0.05, 0.1) is 6.10 Å². The van der Waals surface area contributed by atoms with Gasteiger partial charge in [-0.05, 0) is 87.7 Å². The van der Waals surface area contributed by atoms with Gasteiger partial charge in [-0.15, -0.1) is 0 Å². The number of likely N-dealkylation sites (tertiary alicyclic amines) is 2. The molecule has 30 heavy (non-hydrogen) atoms. The smallest absolute Gasteiger partial charge is 0.243 e. The number of fused-ring (bicyclic) bond motifs is 1. The van der Waals surface area contributed by atoms with E-state index < -0.39 is 6.10 Å². The van der Waals surface area contributed by atoms with Crippen molar-refractivity contribution < 1.29 is 19.0 Å². The third-order valence-corrected chi connectivity index (χ3v) is 8.01. The molecule has 6 heteroatoms. The second-order valence-electron chi connectivity index (χ2n) is 9.81. The van der Waals surface area contributed by atoms with E-state index >= 15 is 0 Å². The number of rotatable bonds is 4. The van der Waals surface area contributed by atoms with Crippen LogP contribution >= 0.6 is 0 Å². The summed E-state index contributed by atoms with van der Waals surface area (Å²) in [6.07, 6.45) is 7.25. The Morgan fingerprint density at radius 3 is 2.30 bits per heavy atom. The van der Waals surface area contributed by atoms with Crippen LogP contribution in [-0.2, 0) is 4.79 Å². The molecule has 2 aliphatic heterocycles. The molecule has 0 bridgehead atoms. The number of hydrogen-bond donors (Lipinski definition) is 1. The topological polar surface area (TPSA) is 53.0 Å². The van der Waals surface area contributed by atoms with Crippen LogP contribution in [0.2, 0.25) is 0 Å². The number of carbonyl (C=O) groups is 1. The Hall–Kier alpha value is -1.66. The molecule has 4 fully saturated rings. The number of nitrogens with zero attached hydrogens (tertiary/aromatic N) is 2. The quantitative estimate of drug-likeness (QED) is 0.819. The summed E-state index contributed by atoms with van der Waals surface area (Å²) in [4.78, 5) is 18.3. The van der Waals surface area contributed by atoms with E-state index in [4.69, 9.17) is 4.74 Å². The van der Waals surface area contributed by atoms with E-state index in [9.17, 15) is 14.3 Å². The Kier molecular flexibility index (Phi) is 5.48. The minimum absolute atomic E-state index is 0.271. The molecule has 1 amide bonds. The molecule has 2 saturated carbocycles. The summed E-state index contributed by atoms with van der Waals surface area (Å²) >= 11 is 0. The third kappa shape index (κ3) is 3.62. The van der Waals surface area contributed by atoms with E-state index in [1.807, 2.05) is 0 Å². The molecular weight excluding hydrogens is 383 g/mol. The first-order chi connectivity index (χ1) is 14.5. The van der Waals surface area contributed by atoms with Gasteiger partial charge in [0.15, 0.2) is 0 Å². The average Bonchev–Trinajstić information content (AvgIpc) is 3.50. The lowest BCUT2D eigenvalue weighted by molar-refractivity contribution is -0.143. The van der Waals surface area contributed by atoms with Crippen molar-refractivity contribution in [3.05, 3.63) is 30.1 Å². The van der Waals surface area contributed by atoms with Gasteiger partial charge in [-0.1, -0.05) is 12.8 Å². The minimum atomic E-state index is -0.551. The Bertz CT molecular complexity index is 758. The average molecular weight is 417 g/mol. The van der Waals surface area contributed by atoms with Gasteiger partial charge in [-0.2, -0.15) is 0 Å². The second kappa shape index (κ2) is 8.12. The lowest BCUT2D eigenvalue weighted by atomic mass is 9.78. The highest BCUT2D eigenvalue weighted by molar-refractivity contribution is 5.87. The predicted octanol–water partition coefficient (Wildman–Crippen LogP) is 3.21. The maximum Gasteiger partial charge on any atom is 0.243 e. The van der Waals surface area contributed by atoms with Gasteiger partial charge >= 0.3 is 0 Å². The van der Waals surface area contributed by atoms with Gasteiger partial charge < -0.3 is 14.7 Å². The molecule has 1 aromatic carbocycles. The van der Waals surface area contributed by atoms with Crippen molar-refractivity contribution in [1.82, 2.24) is 9.80 Å². The second-order valence-corrected chi connectivity index (χ2v) is 9.81. The number of amides is 1. The van der Waals surface area contributed by atoms with Crippen LogP contribution < -0.4 is 4.74 Å². The van der Waals surface area contributed by atoms with Crippen LogP contribution in [0.25, 0.3) is 0 Å². The number of ether oxygens (including phenoxy) is 1. The molecule has 0 unspecified atom stereocenters. The van der Waals surface area contributed by atoms with E-state index in [0.29, 0.717) is 29.9 Å². The predicted molar refractivity (Wildman–Crippen MR) is 112 cm³/mol. The highest BCUT2D eigenvalue weighted by Crippen LogP contribution is 2.43. The van der Waals surface area contributed by atoms with Crippen LogP contribution in [-0.4, -0.2) is 64.7 Å². The zero-order chi connectivity index (χ0) is 20.7. The lowest BCUT2D eigenvalue weighted by Gasteiger charge is -2.40. The van der Waals surface area contributed by atoms with Crippen molar-refractivity contribution in [2.24, 2.45) is 11.8 Å². The van der Waals surface area contributed by atoms with Crippen LogP contribution in [0.1, 0.15) is 51.4 Å². The first-order valence-electron chi connectivity index (χ1n) is 11.7. The molecule has 0 spiro atoms. The molecule has 0 aromatic heterocycles. The van der Waals surface area contributed by atoms with Crippen molar-refractivity contribution >= 4 is 5.91 Å². The summed E-state index contributed by atoms with van der Waals surface area (Å²) in [5, 5.41) is 10.7. The fourth-order valence-corrected chi connectivity index (χ4v) is 6.44. The van der Waals surface area contributed by atoms with Gasteiger partial charge in [0, 0.05) is 13.1 Å². The van der Waals surface area contributed by atoms with Crippen molar-refractivity contribution in [3.63, 3.8) is 0 Å². The van der Waals surface area contributed by atoms with Crippen LogP contribution in [0.3, 0.4) is 0 Å². The molecule has 1 N–H and O–H groups in total. The van der Waals surface area contributed by atoms with Gasteiger partial charge in [0.25, 0.3) is 0 Å². The fraction of sp³-hybridized carbons (Fsp3) is 0.708. The first kappa shape index (κ1) is 20.3. The van der Waals surface area contributed by atoms with Gasteiger partial charge in [0.1, 0.15) is 23.2 Å². The highest BCUT2D eigenvalue weighted by Gasteiger charge is 2.52. The summed E-state index contributed by atoms with van der Waals surface area (Å²) in [6.45, 7) is 3.64. The number of hydrogen-bond acceptors (Lipinski definition) is 4. The first-order valence-corrected chi connectivity index (χ1v) is 11.7. The van der Waals surface area contributed by atoms with Crippen LogP contribution in [0.4, 0.5) is 4.39 Å². The molecule has 2 aliphatic carbocycles. The normalized spacial score (nSPS) is 33.6. The zero-order valence-corrected chi connectivity index (χ0v) is 17.6. The molecule has 1 aromatic rings. The number of carbonyl (C=O) groups excluding carboxylic acids is 1. The summed E-state index contributed by atoms with van der Waals surface area (Å²) < 4.78 is 19.2. The van der Waals surface area contributed by atoms with Crippen LogP contribution in [0.15, 0.2) is 24.3 Å². The Balaban J connectivity index is 1.26. The maximum absolute atomic E-state index is 13.7. The fourth-order valence-electron chi connectivity index (χ4n) is 6.44. The van der Waals surface area contributed by atoms with E-state index in [1.165, 1.54) is 25.0 Å². The molecule has 2 saturated heterocycles. The standard InChI is InChI=1S/C24H33FN2O3/c25-19-5-7-20(8-6-19)30-22-14-18-16-26(15-17(18)13-21(22)28)23(29)24(9-1-2-10-24)27-11-3-4-12-27/h5-8,17-18,21-22,28H,1-4,9-16H2/t17-,18+,21+,22+/m0/s1. The lowest BCUT2D eigenvalue weighted by Crippen LogP contribution is -2.57. The maximum atomic E-state index is 13.7. The molecule has 0 radical (unpaired) electrons. The molecule has 5 nitrogen and oxygen atoms in total. The van der Waals surface area contributed by atoms with E-state index in [-0.39, 0.29) is 17.5 Å². The Morgan fingerprint density at radius 1 is 1.00 bits per heavy atom. The van der Waals surface area contributed by atoms with Gasteiger partial charge in [-0.25, -0.2) is 4.39 Å². The number of halogens is 1. The number of aliphatic hydroxyl groups is 1. The largest absolute Gasteiger partial charge is 0.488 e. The van der Waals surface area contributed by atoms with Crippen molar-refractivity contribution in [2.75, 3.05) is 26.2 Å². The molecule has 4 atom stereocenters. The monoisotopic (exact) mass is 416 g/mol. The molecule has 164 valence electrons. The van der Waals surface area contributed by atoms with E-state index in [0.717, 1.165) is 58.3 Å². The van der Waals surface area contributed by atoms with Crippen molar-refractivity contribution in [2.45, 2.75) is 69.1 Å². The summed E-state index contributed by atoms with van der Waals surface area (Å²) in [5.74, 6) is 1.33. The van der Waals surface area contributed by atoms with Gasteiger partial charge in [0.2, 0.25) is 5.91 Å². The Morgan fingerprint density at radius 2 is 1.63 bits per heavy atom. The molecule has 5 rings (SSSR count). The number of benzene rings is 1. The van der Waals surface area contributed by atoms with E-state index in [1.54, 1.807) is 12.1 Å². The highest BCUT2D eigenvalue weighted by atomic mass is 19.1. The SMILES string of the molecule is O=C(N1C[C@H]2C[C@@H](Oc3ccc(F)cc3)[C@H](O)C[C@H]2C1)C1(N2CCCC2)CCCC1. The zero-order valence-electron chi connectivity index (χ0n) is 17.6. The van der Waals surface area contributed by atoms with Crippen molar-refractivity contribution in [1.29, 1.82) is 0 Å². The molecule has 2 heterocycles. The van der Waals surface area contributed by atoms with Gasteiger partial charge in [-0.3, -0.25) is 9.69 Å². The molecular formula is C24H33FN2O3. The van der Waals surface area contributed by atoms with Crippen LogP contribution in [0.5, 0.6) is 5.75 Å². The molecule has 4 aliphatic rings. The van der Waals surface area contributed by atoms with Crippen LogP contribution in [0, 0.1) is 17.7 Å². The number of aliphatic hydroxyl groups excluding tert-OH is 1. The third-order valence-electron chi connectivity index (χ3n) is 8.01. The summed E-state index contributed by atoms with van der Waals surface area (Å²) in [7, 11) is 0. The minimum Gasteiger partial charge on any atom is -0.488 e. The van der Waals surface area contributed by atoms with E-state index in [2.05, 4.69) is 9.80 Å². The van der Waals surface area contributed by atoms with Crippen molar-refractivity contribution in [3.8, 4) is 5.75 Å². The summed E-state index contributed by atoms with van der Waals surface area (Å²) in [6, 6.07) is 5.97.